The number of carbonyl (C=O) groups excluding carboxylic acids is 2. The fourth-order valence-corrected chi connectivity index (χ4v) is 2.80. The van der Waals surface area contributed by atoms with Crippen molar-refractivity contribution in [3.05, 3.63) is 83.2 Å². The van der Waals surface area contributed by atoms with Gasteiger partial charge >= 0.3 is 0 Å². The zero-order valence-corrected chi connectivity index (χ0v) is 14.4. The minimum atomic E-state index is -0.416. The predicted molar refractivity (Wildman–Crippen MR) is 100 cm³/mol. The molecule has 6 heteroatoms. The normalized spacial score (nSPS) is 12.1. The highest BCUT2D eigenvalue weighted by atomic mass is 19.1. The van der Waals surface area contributed by atoms with Crippen molar-refractivity contribution in [3.8, 4) is 11.5 Å². The molecule has 0 saturated heterocycles. The van der Waals surface area contributed by atoms with Crippen LogP contribution in [0.5, 0.6) is 11.5 Å². The van der Waals surface area contributed by atoms with Gasteiger partial charge in [0.15, 0.2) is 5.75 Å². The molecule has 2 N–H and O–H groups in total. The average Bonchev–Trinajstić information content (AvgIpc) is 2.78. The van der Waals surface area contributed by atoms with Gasteiger partial charge in [-0.05, 0) is 67.1 Å². The van der Waals surface area contributed by atoms with Crippen molar-refractivity contribution in [2.24, 2.45) is 0 Å². The number of ether oxygens (including phenoxy) is 1. The van der Waals surface area contributed by atoms with Gasteiger partial charge in [0.2, 0.25) is 0 Å². The highest BCUT2D eigenvalue weighted by Gasteiger charge is 2.21. The molecule has 3 aromatic carbocycles. The van der Waals surface area contributed by atoms with E-state index in [-0.39, 0.29) is 5.91 Å². The number of nitrogens with one attached hydrogen (secondary N) is 2. The summed E-state index contributed by atoms with van der Waals surface area (Å²) in [7, 11) is 0. The fourth-order valence-electron chi connectivity index (χ4n) is 2.80. The van der Waals surface area contributed by atoms with Gasteiger partial charge < -0.3 is 15.4 Å². The molecule has 1 heterocycles. The van der Waals surface area contributed by atoms with Gasteiger partial charge in [-0.1, -0.05) is 6.07 Å². The number of halogens is 1. The van der Waals surface area contributed by atoms with Gasteiger partial charge in [0.25, 0.3) is 11.8 Å². The Bertz CT molecular complexity index is 1060. The molecule has 1 aliphatic heterocycles. The lowest BCUT2D eigenvalue weighted by atomic mass is 10.1. The van der Waals surface area contributed by atoms with E-state index in [4.69, 9.17) is 4.74 Å². The molecule has 0 fully saturated rings. The Labute approximate surface area is 154 Å². The van der Waals surface area contributed by atoms with E-state index in [1.807, 2.05) is 19.1 Å². The molecule has 27 heavy (non-hydrogen) atoms. The highest BCUT2D eigenvalue weighted by Crippen LogP contribution is 2.37. The molecule has 0 spiro atoms. The summed E-state index contributed by atoms with van der Waals surface area (Å²) in [5, 5.41) is 5.51. The number of hydrogen-bond donors (Lipinski definition) is 2. The molecule has 0 radical (unpaired) electrons. The summed E-state index contributed by atoms with van der Waals surface area (Å²) in [4.78, 5) is 24.8. The van der Waals surface area contributed by atoms with Crippen molar-refractivity contribution in [1.29, 1.82) is 0 Å². The number of benzene rings is 3. The van der Waals surface area contributed by atoms with Crippen LogP contribution in [0, 0.1) is 12.7 Å². The first-order valence-electron chi connectivity index (χ1n) is 8.30. The summed E-state index contributed by atoms with van der Waals surface area (Å²) in [6.07, 6.45) is 0. The first-order chi connectivity index (χ1) is 13.0. The van der Waals surface area contributed by atoms with E-state index in [1.165, 1.54) is 24.3 Å². The van der Waals surface area contributed by atoms with E-state index >= 15 is 0 Å². The van der Waals surface area contributed by atoms with Crippen molar-refractivity contribution in [1.82, 2.24) is 0 Å². The van der Waals surface area contributed by atoms with E-state index in [0.29, 0.717) is 34.0 Å². The van der Waals surface area contributed by atoms with Crippen LogP contribution in [0.4, 0.5) is 15.8 Å². The second-order valence-corrected chi connectivity index (χ2v) is 6.23. The molecule has 5 nitrogen and oxygen atoms in total. The van der Waals surface area contributed by atoms with Crippen LogP contribution in [-0.2, 0) is 0 Å². The molecule has 4 rings (SSSR count). The second kappa shape index (κ2) is 6.57. The Hall–Kier alpha value is -3.67. The summed E-state index contributed by atoms with van der Waals surface area (Å²) < 4.78 is 18.9. The smallest absolute Gasteiger partial charge is 0.259 e. The van der Waals surface area contributed by atoms with E-state index in [1.54, 1.807) is 24.3 Å². The monoisotopic (exact) mass is 362 g/mol. The predicted octanol–water partition coefficient (Wildman–Crippen LogP) is 4.74. The van der Waals surface area contributed by atoms with Crippen LogP contribution in [0.15, 0.2) is 60.7 Å². The number of carbonyl (C=O) groups is 2. The molecule has 0 unspecified atom stereocenters. The maximum atomic E-state index is 13.0. The van der Waals surface area contributed by atoms with Crippen LogP contribution in [-0.4, -0.2) is 11.8 Å². The molecule has 0 atom stereocenters. The van der Waals surface area contributed by atoms with Crippen LogP contribution in [0.3, 0.4) is 0 Å². The van der Waals surface area contributed by atoms with Gasteiger partial charge in [-0.3, -0.25) is 9.59 Å². The average molecular weight is 362 g/mol. The van der Waals surface area contributed by atoms with E-state index in [0.717, 1.165) is 5.56 Å². The maximum Gasteiger partial charge on any atom is 0.259 e. The summed E-state index contributed by atoms with van der Waals surface area (Å²) >= 11 is 0. The van der Waals surface area contributed by atoms with Crippen molar-refractivity contribution in [2.45, 2.75) is 6.92 Å². The van der Waals surface area contributed by atoms with Gasteiger partial charge in [0, 0.05) is 11.3 Å². The zero-order valence-electron chi connectivity index (χ0n) is 14.4. The van der Waals surface area contributed by atoms with Crippen molar-refractivity contribution >= 4 is 23.2 Å². The number of fused-ring (bicyclic) bond motifs is 2. The molecule has 0 aliphatic carbocycles. The third-order valence-corrected chi connectivity index (χ3v) is 4.19. The largest absolute Gasteiger partial charge is 0.454 e. The lowest BCUT2D eigenvalue weighted by molar-refractivity contribution is 0.101. The van der Waals surface area contributed by atoms with Gasteiger partial charge in [0.05, 0.1) is 11.3 Å². The van der Waals surface area contributed by atoms with Crippen molar-refractivity contribution in [2.75, 3.05) is 10.6 Å². The number of aryl methyl sites for hydroxylation is 1. The Morgan fingerprint density at radius 3 is 2.56 bits per heavy atom. The third kappa shape index (κ3) is 3.37. The number of rotatable bonds is 2. The van der Waals surface area contributed by atoms with Gasteiger partial charge in [-0.15, -0.1) is 0 Å². The summed E-state index contributed by atoms with van der Waals surface area (Å²) in [5.74, 6) is -0.184. The maximum absolute atomic E-state index is 13.0. The molecular weight excluding hydrogens is 347 g/mol. The van der Waals surface area contributed by atoms with E-state index < -0.39 is 11.7 Å². The minimum absolute atomic E-state index is 0.306. The summed E-state index contributed by atoms with van der Waals surface area (Å²) in [6, 6.07) is 15.5. The standard InChI is InChI=1S/C21H15FN2O3/c1-12-2-8-17-19(10-12)27-18-9-7-15(11-16(18)21(26)24-17)23-20(25)13-3-5-14(22)6-4-13/h2-11H,1H3,(H,23,25)(H,24,26). The van der Waals surface area contributed by atoms with Crippen molar-refractivity contribution < 1.29 is 18.7 Å². The quantitative estimate of drug-likeness (QED) is 0.692. The van der Waals surface area contributed by atoms with Crippen LogP contribution in [0.25, 0.3) is 0 Å². The summed E-state index contributed by atoms with van der Waals surface area (Å²) in [5.41, 5.74) is 2.65. The molecule has 3 aromatic rings. The van der Waals surface area contributed by atoms with Crippen LogP contribution in [0.2, 0.25) is 0 Å². The van der Waals surface area contributed by atoms with Crippen LogP contribution >= 0.6 is 0 Å². The fraction of sp³-hybridized carbons (Fsp3) is 0.0476. The van der Waals surface area contributed by atoms with Crippen LogP contribution < -0.4 is 15.4 Å². The van der Waals surface area contributed by atoms with E-state index in [2.05, 4.69) is 10.6 Å². The Morgan fingerprint density at radius 2 is 1.78 bits per heavy atom. The lowest BCUT2D eigenvalue weighted by Crippen LogP contribution is -2.14. The number of hydrogen-bond acceptors (Lipinski definition) is 3. The summed E-state index contributed by atoms with van der Waals surface area (Å²) in [6.45, 7) is 1.94. The minimum Gasteiger partial charge on any atom is -0.454 e. The van der Waals surface area contributed by atoms with Gasteiger partial charge in [0.1, 0.15) is 11.6 Å². The highest BCUT2D eigenvalue weighted by molar-refractivity contribution is 6.10. The SMILES string of the molecule is Cc1ccc2c(c1)Oc1ccc(NC(=O)c3ccc(F)cc3)cc1C(=O)N2. The lowest BCUT2D eigenvalue weighted by Gasteiger charge is -2.10. The van der Waals surface area contributed by atoms with Gasteiger partial charge in [-0.25, -0.2) is 4.39 Å². The Kier molecular flexibility index (Phi) is 4.08. The molecule has 0 aromatic heterocycles. The third-order valence-electron chi connectivity index (χ3n) is 4.19. The first-order valence-corrected chi connectivity index (χ1v) is 8.30. The van der Waals surface area contributed by atoms with Gasteiger partial charge in [-0.2, -0.15) is 0 Å². The zero-order chi connectivity index (χ0) is 19.0. The topological polar surface area (TPSA) is 67.4 Å². The Balaban J connectivity index is 1.62. The molecule has 0 bridgehead atoms. The molecular formula is C21H15FN2O3. The number of amides is 2. The second-order valence-electron chi connectivity index (χ2n) is 6.23. The molecule has 0 saturated carbocycles. The number of anilines is 2. The first kappa shape index (κ1) is 16.8. The molecule has 2 amide bonds. The molecule has 134 valence electrons. The molecule has 1 aliphatic rings. The van der Waals surface area contributed by atoms with Crippen molar-refractivity contribution in [3.63, 3.8) is 0 Å². The van der Waals surface area contributed by atoms with E-state index in [9.17, 15) is 14.0 Å². The van der Waals surface area contributed by atoms with Crippen LogP contribution in [0.1, 0.15) is 26.3 Å². The Morgan fingerprint density at radius 1 is 1.00 bits per heavy atom.